The number of nitrogens with zero attached hydrogens (tertiary/aromatic N) is 2. The van der Waals surface area contributed by atoms with Crippen LogP contribution in [0.4, 0.5) is 5.69 Å². The molecule has 4 heterocycles. The molecule has 0 saturated carbocycles. The van der Waals surface area contributed by atoms with E-state index in [1.54, 1.807) is 6.07 Å². The zero-order chi connectivity index (χ0) is 27.7. The number of amides is 1. The van der Waals surface area contributed by atoms with E-state index in [1.807, 2.05) is 48.7 Å². The molecule has 3 unspecified atom stereocenters. The van der Waals surface area contributed by atoms with Gasteiger partial charge in [0, 0.05) is 39.3 Å². The van der Waals surface area contributed by atoms with E-state index >= 15 is 0 Å². The average molecular weight is 539 g/mol. The van der Waals surface area contributed by atoms with Gasteiger partial charge in [-0.15, -0.1) is 0 Å². The van der Waals surface area contributed by atoms with Gasteiger partial charge in [0.1, 0.15) is 12.1 Å². The minimum atomic E-state index is -0.552. The molecule has 7 nitrogen and oxygen atoms in total. The number of Topliss-reactive ketones (excluding diaryl/α,β-unsaturated/α-hetero) is 1. The van der Waals surface area contributed by atoms with Crippen LogP contribution in [-0.4, -0.2) is 39.5 Å². The molecule has 0 aliphatic carbocycles. The molecule has 1 amide bonds. The number of primary amides is 1. The molecule has 41 heavy (non-hydrogen) atoms. The monoisotopic (exact) mass is 538 g/mol. The number of carbonyl (C=O) groups is 2. The maximum absolute atomic E-state index is 12.9. The van der Waals surface area contributed by atoms with Crippen molar-refractivity contribution < 1.29 is 14.3 Å². The minimum Gasteiger partial charge on any atom is -0.372 e. The van der Waals surface area contributed by atoms with Crippen molar-refractivity contribution >= 4 is 50.1 Å². The molecule has 6 aromatic rings. The highest BCUT2D eigenvalue weighted by atomic mass is 16.5. The average Bonchev–Trinajstić information content (AvgIpc) is 3.69. The Hall–Kier alpha value is -5.01. The second-order valence-electron chi connectivity index (χ2n) is 10.8. The molecule has 2 aliphatic heterocycles. The molecule has 0 spiro atoms. The Labute approximate surface area is 235 Å². The first-order valence-corrected chi connectivity index (χ1v) is 13.8. The number of rotatable bonds is 5. The number of para-hydroxylation sites is 2. The number of carbonyl (C=O) groups excluding carboxylic acids is 2. The first-order chi connectivity index (χ1) is 20.1. The summed E-state index contributed by atoms with van der Waals surface area (Å²) >= 11 is 0. The second kappa shape index (κ2) is 9.01. The summed E-state index contributed by atoms with van der Waals surface area (Å²) in [6, 6.07) is 30.0. The van der Waals surface area contributed by atoms with Crippen molar-refractivity contribution in [3.05, 3.63) is 103 Å². The zero-order valence-electron chi connectivity index (χ0n) is 22.1. The molecule has 8 rings (SSSR count). The van der Waals surface area contributed by atoms with Gasteiger partial charge in [0.2, 0.25) is 0 Å². The fraction of sp³-hybridized carbons (Fsp3) is 0.147. The number of ether oxygens (including phenoxy) is 1. The first-order valence-electron chi connectivity index (χ1n) is 13.8. The van der Waals surface area contributed by atoms with Crippen molar-refractivity contribution in [1.82, 2.24) is 9.55 Å². The van der Waals surface area contributed by atoms with Crippen LogP contribution in [0.3, 0.4) is 0 Å². The summed E-state index contributed by atoms with van der Waals surface area (Å²) in [6.07, 6.45) is 2.95. The number of fused-ring (bicyclic) bond motifs is 6. The predicted octanol–water partition coefficient (Wildman–Crippen LogP) is 6.01. The third-order valence-corrected chi connectivity index (χ3v) is 8.49. The maximum atomic E-state index is 12.9. The molecule has 7 heteroatoms. The number of pyridine rings is 1. The number of benzene rings is 4. The number of ketones is 1. The maximum Gasteiger partial charge on any atom is 0.250 e. The lowest BCUT2D eigenvalue weighted by Crippen LogP contribution is -2.39. The van der Waals surface area contributed by atoms with Crippen molar-refractivity contribution in [1.29, 1.82) is 0 Å². The Balaban J connectivity index is 1.32. The van der Waals surface area contributed by atoms with Crippen LogP contribution in [-0.2, 0) is 9.53 Å². The number of anilines is 1. The van der Waals surface area contributed by atoms with Crippen LogP contribution in [0, 0.1) is 0 Å². The molecule has 3 atom stereocenters. The second-order valence-corrected chi connectivity index (χ2v) is 10.8. The summed E-state index contributed by atoms with van der Waals surface area (Å²) in [6.45, 7) is 0. The summed E-state index contributed by atoms with van der Waals surface area (Å²) < 4.78 is 8.02. The number of hydrogen-bond acceptors (Lipinski definition) is 5. The van der Waals surface area contributed by atoms with Gasteiger partial charge in [-0.05, 0) is 60.9 Å². The molecule has 200 valence electrons. The van der Waals surface area contributed by atoms with E-state index in [4.69, 9.17) is 15.5 Å². The number of hydrogen-bond donors (Lipinski definition) is 2. The van der Waals surface area contributed by atoms with E-state index in [9.17, 15) is 9.59 Å². The highest BCUT2D eigenvalue weighted by Gasteiger charge is 2.48. The van der Waals surface area contributed by atoms with Gasteiger partial charge in [0.25, 0.3) is 5.91 Å². The van der Waals surface area contributed by atoms with E-state index in [2.05, 4.69) is 52.3 Å². The lowest BCUT2D eigenvalue weighted by molar-refractivity contribution is -0.122. The molecule has 0 radical (unpaired) electrons. The Morgan fingerprint density at radius 3 is 2.61 bits per heavy atom. The lowest BCUT2D eigenvalue weighted by atomic mass is 9.93. The topological polar surface area (TPSA) is 99.2 Å². The van der Waals surface area contributed by atoms with Crippen molar-refractivity contribution in [2.45, 2.75) is 31.1 Å². The van der Waals surface area contributed by atoms with Gasteiger partial charge in [-0.1, -0.05) is 48.5 Å². The Morgan fingerprint density at radius 2 is 1.76 bits per heavy atom. The summed E-state index contributed by atoms with van der Waals surface area (Å²) in [5.74, 6) is -0.517. The highest BCUT2D eigenvalue weighted by Crippen LogP contribution is 2.40. The van der Waals surface area contributed by atoms with Gasteiger partial charge in [0.05, 0.1) is 28.2 Å². The molecule has 3 N–H and O–H groups in total. The Kier molecular flexibility index (Phi) is 5.24. The standard InChI is InChI=1S/C34H26N4O3/c35-34(40)23-13-12-21(17-26(23)37-32-29-14-15-30(41-29)33(32)39)38-27-10-4-2-7-24(27)31-22(8-5-11-28(31)38)20-16-19-6-1-3-9-25(19)36-18-20/h1-13,16-18,29-30,32,37H,14-15H2,(H2,35,40). The van der Waals surface area contributed by atoms with Crippen LogP contribution in [0.5, 0.6) is 0 Å². The van der Waals surface area contributed by atoms with Crippen molar-refractivity contribution in [2.75, 3.05) is 5.32 Å². The van der Waals surface area contributed by atoms with Crippen LogP contribution in [0.15, 0.2) is 97.2 Å². The molecule has 2 saturated heterocycles. The Bertz CT molecular complexity index is 2050. The zero-order valence-corrected chi connectivity index (χ0v) is 22.1. The van der Waals surface area contributed by atoms with Gasteiger partial charge < -0.3 is 20.4 Å². The molecular weight excluding hydrogens is 512 g/mol. The van der Waals surface area contributed by atoms with Crippen LogP contribution >= 0.6 is 0 Å². The van der Waals surface area contributed by atoms with E-state index < -0.39 is 11.9 Å². The van der Waals surface area contributed by atoms with Crippen molar-refractivity contribution in [3.63, 3.8) is 0 Å². The SMILES string of the molecule is NC(=O)c1ccc(-n2c3ccccc3c3c(-c4cnc5ccccc5c4)cccc32)cc1NC1C(=O)C2CCC1O2. The number of nitrogens with two attached hydrogens (primary N) is 1. The Morgan fingerprint density at radius 1 is 0.927 bits per heavy atom. The van der Waals surface area contributed by atoms with E-state index in [0.717, 1.165) is 62.4 Å². The molecule has 2 aromatic heterocycles. The predicted molar refractivity (Wildman–Crippen MR) is 160 cm³/mol. The summed E-state index contributed by atoms with van der Waals surface area (Å²) in [7, 11) is 0. The van der Waals surface area contributed by atoms with Crippen molar-refractivity contribution in [2.24, 2.45) is 5.73 Å². The highest BCUT2D eigenvalue weighted by molar-refractivity contribution is 6.16. The molecular formula is C34H26N4O3. The van der Waals surface area contributed by atoms with Crippen LogP contribution in [0.25, 0.3) is 49.5 Å². The lowest BCUT2D eigenvalue weighted by Gasteiger charge is -2.22. The van der Waals surface area contributed by atoms with Crippen LogP contribution in [0.1, 0.15) is 23.2 Å². The molecule has 2 bridgehead atoms. The quantitative estimate of drug-likeness (QED) is 0.280. The summed E-state index contributed by atoms with van der Waals surface area (Å²) in [5, 5.41) is 6.64. The van der Waals surface area contributed by atoms with Crippen LogP contribution < -0.4 is 11.1 Å². The molecule has 2 aliphatic rings. The largest absolute Gasteiger partial charge is 0.372 e. The number of aromatic nitrogens is 2. The summed E-state index contributed by atoms with van der Waals surface area (Å²) in [5.41, 5.74) is 12.6. The van der Waals surface area contributed by atoms with Gasteiger partial charge in [-0.3, -0.25) is 14.6 Å². The van der Waals surface area contributed by atoms with Gasteiger partial charge in [-0.25, -0.2) is 0 Å². The molecule has 4 aromatic carbocycles. The van der Waals surface area contributed by atoms with Gasteiger partial charge in [0.15, 0.2) is 5.78 Å². The van der Waals surface area contributed by atoms with Gasteiger partial charge >= 0.3 is 0 Å². The summed E-state index contributed by atoms with van der Waals surface area (Å²) in [4.78, 5) is 30.0. The normalized spacial score (nSPS) is 19.9. The smallest absolute Gasteiger partial charge is 0.250 e. The minimum absolute atomic E-state index is 0.0348. The van der Waals surface area contributed by atoms with E-state index in [-0.39, 0.29) is 18.0 Å². The van der Waals surface area contributed by atoms with Crippen LogP contribution in [0.2, 0.25) is 0 Å². The third-order valence-electron chi connectivity index (χ3n) is 8.49. The number of nitrogens with one attached hydrogen (secondary N) is 1. The van der Waals surface area contributed by atoms with Crippen molar-refractivity contribution in [3.8, 4) is 16.8 Å². The van der Waals surface area contributed by atoms with E-state index in [0.29, 0.717) is 11.3 Å². The molecule has 2 fully saturated rings. The van der Waals surface area contributed by atoms with E-state index in [1.165, 1.54) is 0 Å². The third kappa shape index (κ3) is 3.66. The fourth-order valence-electron chi connectivity index (χ4n) is 6.59. The van der Waals surface area contributed by atoms with Gasteiger partial charge in [-0.2, -0.15) is 0 Å². The fourth-order valence-corrected chi connectivity index (χ4v) is 6.59. The first kappa shape index (κ1) is 23.8.